The van der Waals surface area contributed by atoms with E-state index in [1.807, 2.05) is 26.8 Å². The lowest BCUT2D eigenvalue weighted by molar-refractivity contribution is -0.127. The van der Waals surface area contributed by atoms with Gasteiger partial charge >= 0.3 is 6.09 Å². The third-order valence-corrected chi connectivity index (χ3v) is 7.98. The number of phenols is 1. The summed E-state index contributed by atoms with van der Waals surface area (Å²) in [5.41, 5.74) is 6.79. The number of hydrogen-bond acceptors (Lipinski definition) is 8. The van der Waals surface area contributed by atoms with E-state index >= 15 is 0 Å². The molecule has 0 radical (unpaired) electrons. The Morgan fingerprint density at radius 3 is 2.44 bits per heavy atom. The van der Waals surface area contributed by atoms with Crippen molar-refractivity contribution >= 4 is 34.9 Å². The first-order valence-corrected chi connectivity index (χ1v) is 13.0. The molecule has 1 fully saturated rings. The van der Waals surface area contributed by atoms with Crippen LogP contribution in [-0.4, -0.2) is 62.5 Å². The van der Waals surface area contributed by atoms with Crippen LogP contribution in [0.2, 0.25) is 0 Å². The van der Waals surface area contributed by atoms with Crippen LogP contribution in [0.15, 0.2) is 35.1 Å². The van der Waals surface area contributed by atoms with Crippen molar-refractivity contribution in [1.29, 1.82) is 0 Å². The van der Waals surface area contributed by atoms with Crippen molar-refractivity contribution in [2.75, 3.05) is 13.1 Å². The number of aliphatic hydroxyl groups excluding tert-OH is 2. The van der Waals surface area contributed by atoms with Crippen molar-refractivity contribution < 1.29 is 39.2 Å². The molecule has 5 N–H and O–H groups in total. The lowest BCUT2D eigenvalue weighted by Crippen LogP contribution is -2.44. The van der Waals surface area contributed by atoms with Gasteiger partial charge in [-0.25, -0.2) is 4.79 Å². The van der Waals surface area contributed by atoms with Gasteiger partial charge in [0.15, 0.2) is 11.6 Å². The lowest BCUT2D eigenvalue weighted by atomic mass is 9.61. The summed E-state index contributed by atoms with van der Waals surface area (Å²) in [6, 6.07) is 3.23. The minimum absolute atomic E-state index is 0.0784. The fourth-order valence-corrected chi connectivity index (χ4v) is 6.35. The number of amides is 2. The average Bonchev–Trinajstić information content (AvgIpc) is 2.82. The van der Waals surface area contributed by atoms with Crippen LogP contribution in [-0.2, 0) is 25.5 Å². The normalized spacial score (nSPS) is 25.1. The van der Waals surface area contributed by atoms with Gasteiger partial charge in [-0.05, 0) is 74.6 Å². The third kappa shape index (κ3) is 4.47. The first-order chi connectivity index (χ1) is 18.3. The third-order valence-electron chi connectivity index (χ3n) is 7.98. The van der Waals surface area contributed by atoms with E-state index in [0.717, 1.165) is 11.1 Å². The molecule has 1 heterocycles. The number of nitrogens with zero attached hydrogens (tertiary/aromatic N) is 1. The summed E-state index contributed by atoms with van der Waals surface area (Å²) in [6.45, 7) is 6.20. The van der Waals surface area contributed by atoms with Crippen LogP contribution >= 0.6 is 0 Å². The molecule has 1 aromatic carbocycles. The number of ketones is 2. The Balaban J connectivity index is 1.51. The Morgan fingerprint density at radius 1 is 1.10 bits per heavy atom. The number of aromatic hydroxyl groups is 1. The van der Waals surface area contributed by atoms with Gasteiger partial charge in [0.2, 0.25) is 0 Å². The topological polar surface area (TPSA) is 167 Å². The maximum atomic E-state index is 13.6. The van der Waals surface area contributed by atoms with E-state index in [1.165, 1.54) is 6.07 Å². The molecule has 3 aliphatic carbocycles. The summed E-state index contributed by atoms with van der Waals surface area (Å²) < 4.78 is 5.47. The van der Waals surface area contributed by atoms with Crippen LogP contribution < -0.4 is 5.73 Å². The van der Waals surface area contributed by atoms with Gasteiger partial charge in [0.1, 0.15) is 28.4 Å². The number of phenolic OH excluding ortho intramolecular Hbond substituents is 1. The van der Waals surface area contributed by atoms with E-state index in [1.54, 1.807) is 11.0 Å². The van der Waals surface area contributed by atoms with E-state index in [4.69, 9.17) is 10.5 Å². The molecule has 1 aliphatic heterocycles. The van der Waals surface area contributed by atoms with Crippen molar-refractivity contribution in [3.05, 3.63) is 51.8 Å². The summed E-state index contributed by atoms with van der Waals surface area (Å²) >= 11 is 0. The second-order valence-electron chi connectivity index (χ2n) is 11.6. The van der Waals surface area contributed by atoms with E-state index in [9.17, 15) is 34.5 Å². The molecule has 5 rings (SSSR count). The molecule has 3 atom stereocenters. The zero-order chi connectivity index (χ0) is 28.4. The number of carbonyl (C=O) groups excluding carboxylic acids is 4. The molecule has 39 heavy (non-hydrogen) atoms. The van der Waals surface area contributed by atoms with Gasteiger partial charge < -0.3 is 30.7 Å². The van der Waals surface area contributed by atoms with Gasteiger partial charge in [0, 0.05) is 25.1 Å². The second kappa shape index (κ2) is 9.29. The Bertz CT molecular complexity index is 1410. The fraction of sp³-hybridized carbons (Fsp3) is 0.448. The molecule has 0 aromatic heterocycles. The molecular weight excluding hydrogens is 504 g/mol. The molecule has 2 amide bonds. The number of rotatable bonds is 2. The standard InChI is InChI=1S/C29H32N2O8/c1-29(2,3)39-28(38)31-8-6-13(7-9-31)16-4-5-18(32)22-17(16)11-14-10-15-12-19(33)23(27(30)37)26(36)21(15)24(34)20(14)25(22)35/h4-6,14-15,21,32,35-36H,7-12H2,1-3H3,(H2,30,37). The Hall–Kier alpha value is -4.08. The molecular formula is C29H32N2O8. The predicted molar refractivity (Wildman–Crippen MR) is 140 cm³/mol. The number of carbonyl (C=O) groups is 4. The Morgan fingerprint density at radius 2 is 1.82 bits per heavy atom. The number of hydrogen-bond donors (Lipinski definition) is 4. The smallest absolute Gasteiger partial charge is 0.410 e. The quantitative estimate of drug-likeness (QED) is 0.418. The number of benzene rings is 1. The number of aliphatic hydroxyl groups is 2. The average molecular weight is 537 g/mol. The van der Waals surface area contributed by atoms with Crippen LogP contribution in [0.4, 0.5) is 4.79 Å². The maximum Gasteiger partial charge on any atom is 0.410 e. The maximum absolute atomic E-state index is 13.6. The van der Waals surface area contributed by atoms with E-state index in [0.29, 0.717) is 37.9 Å². The summed E-state index contributed by atoms with van der Waals surface area (Å²) in [7, 11) is 0. The van der Waals surface area contributed by atoms with E-state index in [2.05, 4.69) is 0 Å². The number of allylic oxidation sites excluding steroid dienone is 2. The number of fused-ring (bicyclic) bond motifs is 3. The molecule has 3 unspecified atom stereocenters. The molecule has 1 saturated carbocycles. The Labute approximate surface area is 225 Å². The molecule has 10 heteroatoms. The molecule has 0 saturated heterocycles. The van der Waals surface area contributed by atoms with Crippen LogP contribution in [0.1, 0.15) is 56.7 Å². The zero-order valence-electron chi connectivity index (χ0n) is 22.1. The van der Waals surface area contributed by atoms with Crippen LogP contribution in [0.5, 0.6) is 5.75 Å². The summed E-state index contributed by atoms with van der Waals surface area (Å²) in [4.78, 5) is 52.0. The van der Waals surface area contributed by atoms with Crippen molar-refractivity contribution in [1.82, 2.24) is 4.90 Å². The molecule has 0 spiro atoms. The summed E-state index contributed by atoms with van der Waals surface area (Å²) in [5, 5.41) is 32.7. The fourth-order valence-electron chi connectivity index (χ4n) is 6.35. The number of nitrogens with two attached hydrogens (primary N) is 1. The molecule has 206 valence electrons. The molecule has 1 aromatic rings. The minimum Gasteiger partial charge on any atom is -0.511 e. The van der Waals surface area contributed by atoms with Crippen LogP contribution in [0, 0.1) is 17.8 Å². The molecule has 0 bridgehead atoms. The SMILES string of the molecule is CC(C)(C)OC(=O)N1CC=C(c2ccc(O)c3c2CC2CC4CC(=O)C(C(N)=O)=C(O)C4C(=O)C2=C3O)CC1. The van der Waals surface area contributed by atoms with Gasteiger partial charge in [0.05, 0.1) is 11.5 Å². The van der Waals surface area contributed by atoms with Gasteiger partial charge in [-0.15, -0.1) is 0 Å². The van der Waals surface area contributed by atoms with E-state index < -0.39 is 58.3 Å². The highest BCUT2D eigenvalue weighted by atomic mass is 16.6. The van der Waals surface area contributed by atoms with Crippen LogP contribution in [0.3, 0.4) is 0 Å². The number of Topliss-reactive ketones (excluding diaryl/α,β-unsaturated/α-hetero) is 2. The minimum atomic E-state index is -1.15. The zero-order valence-corrected chi connectivity index (χ0v) is 22.1. The summed E-state index contributed by atoms with van der Waals surface area (Å²) in [6.07, 6.45) is 2.62. The van der Waals surface area contributed by atoms with Gasteiger partial charge in [-0.3, -0.25) is 14.4 Å². The summed E-state index contributed by atoms with van der Waals surface area (Å²) in [5.74, 6) is -5.57. The van der Waals surface area contributed by atoms with Crippen molar-refractivity contribution in [2.45, 2.75) is 52.1 Å². The van der Waals surface area contributed by atoms with Crippen molar-refractivity contribution in [3.8, 4) is 5.75 Å². The van der Waals surface area contributed by atoms with Gasteiger partial charge in [0.25, 0.3) is 5.91 Å². The highest BCUT2D eigenvalue weighted by molar-refractivity contribution is 6.21. The van der Waals surface area contributed by atoms with Crippen LogP contribution in [0.25, 0.3) is 11.3 Å². The first-order valence-electron chi connectivity index (χ1n) is 13.0. The monoisotopic (exact) mass is 536 g/mol. The van der Waals surface area contributed by atoms with Crippen molar-refractivity contribution in [3.63, 3.8) is 0 Å². The first kappa shape index (κ1) is 26.5. The van der Waals surface area contributed by atoms with Gasteiger partial charge in [-0.2, -0.15) is 0 Å². The molecule has 4 aliphatic rings. The number of primary amides is 1. The highest BCUT2D eigenvalue weighted by Gasteiger charge is 2.51. The highest BCUT2D eigenvalue weighted by Crippen LogP contribution is 2.51. The molecule has 10 nitrogen and oxygen atoms in total. The van der Waals surface area contributed by atoms with Gasteiger partial charge in [-0.1, -0.05) is 12.1 Å². The van der Waals surface area contributed by atoms with Crippen molar-refractivity contribution in [2.24, 2.45) is 23.5 Å². The van der Waals surface area contributed by atoms with E-state index in [-0.39, 0.29) is 29.1 Å². The largest absolute Gasteiger partial charge is 0.511 e. The predicted octanol–water partition coefficient (Wildman–Crippen LogP) is 3.33. The second-order valence-corrected chi connectivity index (χ2v) is 11.6. The number of ether oxygens (including phenoxy) is 1. The lowest BCUT2D eigenvalue weighted by Gasteiger charge is -2.41. The Kier molecular flexibility index (Phi) is 6.32.